The normalized spacial score (nSPS) is 15.1. The molecule has 212 valence electrons. The summed E-state index contributed by atoms with van der Waals surface area (Å²) in [6, 6.07) is -0.887. The third-order valence-corrected chi connectivity index (χ3v) is 7.52. The van der Waals surface area contributed by atoms with Gasteiger partial charge in [-0.05, 0) is 12.8 Å². The van der Waals surface area contributed by atoms with Crippen molar-refractivity contribution < 1.29 is 34.0 Å². The molecule has 0 bridgehead atoms. The molecule has 0 aliphatic heterocycles. The molecule has 0 saturated heterocycles. The predicted octanol–water partition coefficient (Wildman–Crippen LogP) is 0.439. The van der Waals surface area contributed by atoms with Crippen LogP contribution in [0, 0.1) is 0 Å². The fourth-order valence-electron chi connectivity index (χ4n) is 4.30. The summed E-state index contributed by atoms with van der Waals surface area (Å²) < 4.78 is 28.2. The zero-order valence-corrected chi connectivity index (χ0v) is 22.5. The molecule has 0 fully saturated rings. The minimum atomic E-state index is -3.57. The standard InChI is InChI=1S/C23H33N8O7P/c1-39(36,37-10-16(2-6-32)30-14-28-20-18(4-8-34)24-12-26-22(20)30)38-11-17(3-7-33)31-15-29-21-19(5-9-35)25-13-27-23(21)31/h12-17,32-35H,2-11H2,1H3. The summed E-state index contributed by atoms with van der Waals surface area (Å²) in [7, 11) is -3.57. The van der Waals surface area contributed by atoms with E-state index in [2.05, 4.69) is 29.9 Å². The van der Waals surface area contributed by atoms with Crippen LogP contribution in [0.25, 0.3) is 22.3 Å². The Hall–Kier alpha value is -2.91. The number of aliphatic hydroxyl groups is 4. The fourth-order valence-corrected chi connectivity index (χ4v) is 5.26. The van der Waals surface area contributed by atoms with Crippen molar-refractivity contribution in [2.75, 3.05) is 46.3 Å². The first-order chi connectivity index (χ1) is 18.9. The molecule has 15 nitrogen and oxygen atoms in total. The molecule has 2 unspecified atom stereocenters. The van der Waals surface area contributed by atoms with E-state index in [1.54, 1.807) is 21.8 Å². The molecule has 4 aromatic rings. The Morgan fingerprint density at radius 1 is 0.718 bits per heavy atom. The number of hydrogen-bond acceptors (Lipinski definition) is 13. The van der Waals surface area contributed by atoms with Gasteiger partial charge in [-0.1, -0.05) is 0 Å². The van der Waals surface area contributed by atoms with Crippen LogP contribution >= 0.6 is 7.60 Å². The van der Waals surface area contributed by atoms with Crippen molar-refractivity contribution in [3.63, 3.8) is 0 Å². The third-order valence-electron chi connectivity index (χ3n) is 6.28. The van der Waals surface area contributed by atoms with Crippen LogP contribution in [0.4, 0.5) is 0 Å². The van der Waals surface area contributed by atoms with Crippen molar-refractivity contribution in [3.8, 4) is 0 Å². The molecule has 0 saturated carbocycles. The molecular weight excluding hydrogens is 531 g/mol. The van der Waals surface area contributed by atoms with E-state index in [1.165, 1.54) is 19.3 Å². The van der Waals surface area contributed by atoms with Gasteiger partial charge in [0.1, 0.15) is 23.7 Å². The lowest BCUT2D eigenvalue weighted by Crippen LogP contribution is -2.19. The highest BCUT2D eigenvalue weighted by Gasteiger charge is 2.26. The maximum Gasteiger partial charge on any atom is 0.327 e. The van der Waals surface area contributed by atoms with E-state index in [9.17, 15) is 25.0 Å². The largest absolute Gasteiger partial charge is 0.396 e. The van der Waals surface area contributed by atoms with Gasteiger partial charge in [0.2, 0.25) is 0 Å². The zero-order chi connectivity index (χ0) is 27.8. The molecule has 0 radical (unpaired) electrons. The van der Waals surface area contributed by atoms with Crippen LogP contribution in [0.1, 0.15) is 36.3 Å². The van der Waals surface area contributed by atoms with E-state index in [0.29, 0.717) is 46.6 Å². The molecule has 0 aliphatic rings. The molecule has 0 aliphatic carbocycles. The van der Waals surface area contributed by atoms with Gasteiger partial charge in [-0.3, -0.25) is 4.57 Å². The fraction of sp³-hybridized carbons (Fsp3) is 0.565. The molecule has 4 aromatic heterocycles. The van der Waals surface area contributed by atoms with E-state index in [-0.39, 0.29) is 52.5 Å². The lowest BCUT2D eigenvalue weighted by Gasteiger charge is -2.23. The van der Waals surface area contributed by atoms with Gasteiger partial charge in [0.25, 0.3) is 0 Å². The molecule has 4 N–H and O–H groups in total. The van der Waals surface area contributed by atoms with Crippen molar-refractivity contribution in [1.82, 2.24) is 39.0 Å². The first kappa shape index (κ1) is 29.1. The van der Waals surface area contributed by atoms with Crippen LogP contribution in [0.2, 0.25) is 0 Å². The van der Waals surface area contributed by atoms with Crippen molar-refractivity contribution in [1.29, 1.82) is 0 Å². The Labute approximate surface area is 224 Å². The number of nitrogens with zero attached hydrogens (tertiary/aromatic N) is 8. The quantitative estimate of drug-likeness (QED) is 0.137. The molecule has 39 heavy (non-hydrogen) atoms. The topological polar surface area (TPSA) is 204 Å². The molecule has 0 amide bonds. The van der Waals surface area contributed by atoms with Crippen LogP contribution in [-0.2, 0) is 26.5 Å². The number of rotatable bonds is 16. The number of fused-ring (bicyclic) bond motifs is 2. The summed E-state index contributed by atoms with van der Waals surface area (Å²) in [6.45, 7) is 0.807. The number of aliphatic hydroxyl groups excluding tert-OH is 4. The molecule has 0 spiro atoms. The van der Waals surface area contributed by atoms with Gasteiger partial charge < -0.3 is 38.6 Å². The van der Waals surface area contributed by atoms with E-state index in [1.807, 2.05) is 0 Å². The van der Waals surface area contributed by atoms with Crippen LogP contribution in [0.5, 0.6) is 0 Å². The summed E-state index contributed by atoms with van der Waals surface area (Å²) in [5.41, 5.74) is 3.31. The second kappa shape index (κ2) is 13.4. The Morgan fingerprint density at radius 2 is 1.15 bits per heavy atom. The van der Waals surface area contributed by atoms with E-state index >= 15 is 0 Å². The van der Waals surface area contributed by atoms with Gasteiger partial charge in [-0.2, -0.15) is 0 Å². The van der Waals surface area contributed by atoms with E-state index in [4.69, 9.17) is 9.05 Å². The summed E-state index contributed by atoms with van der Waals surface area (Å²) >= 11 is 0. The van der Waals surface area contributed by atoms with Gasteiger partial charge in [0, 0.05) is 45.9 Å². The predicted molar refractivity (Wildman–Crippen MR) is 139 cm³/mol. The monoisotopic (exact) mass is 564 g/mol. The first-order valence-electron chi connectivity index (χ1n) is 12.5. The van der Waals surface area contributed by atoms with Crippen LogP contribution < -0.4 is 0 Å². The zero-order valence-electron chi connectivity index (χ0n) is 21.6. The number of hydrogen-bond donors (Lipinski definition) is 4. The average molecular weight is 565 g/mol. The van der Waals surface area contributed by atoms with Gasteiger partial charge in [0.05, 0.1) is 49.3 Å². The Kier molecular flexibility index (Phi) is 10.0. The lowest BCUT2D eigenvalue weighted by molar-refractivity contribution is 0.146. The molecule has 2 atom stereocenters. The van der Waals surface area contributed by atoms with Gasteiger partial charge in [0.15, 0.2) is 11.3 Å². The first-order valence-corrected chi connectivity index (χ1v) is 14.5. The number of aromatic nitrogens is 8. The maximum absolute atomic E-state index is 13.3. The van der Waals surface area contributed by atoms with Crippen molar-refractivity contribution in [2.45, 2.75) is 37.8 Å². The highest BCUT2D eigenvalue weighted by Crippen LogP contribution is 2.45. The van der Waals surface area contributed by atoms with Crippen LogP contribution in [0.3, 0.4) is 0 Å². The summed E-state index contributed by atoms with van der Waals surface area (Å²) in [4.78, 5) is 25.7. The van der Waals surface area contributed by atoms with Crippen molar-refractivity contribution in [2.24, 2.45) is 0 Å². The SMILES string of the molecule is CP(=O)(OCC(CCO)n1cnc2c(CCO)ncnc21)OCC(CCO)n1cnc2c(CCO)ncnc21. The molecule has 4 heterocycles. The second-order valence-electron chi connectivity index (χ2n) is 8.93. The highest BCUT2D eigenvalue weighted by atomic mass is 31.2. The molecule has 0 aromatic carbocycles. The smallest absolute Gasteiger partial charge is 0.327 e. The van der Waals surface area contributed by atoms with Crippen molar-refractivity contribution in [3.05, 3.63) is 36.7 Å². The molecule has 4 rings (SSSR count). The van der Waals surface area contributed by atoms with Crippen LogP contribution in [-0.4, -0.2) is 106 Å². The van der Waals surface area contributed by atoms with Gasteiger partial charge >= 0.3 is 7.60 Å². The summed E-state index contributed by atoms with van der Waals surface area (Å²) in [5.74, 6) is 0. The average Bonchev–Trinajstić information content (AvgIpc) is 3.55. The maximum atomic E-state index is 13.3. The molecule has 16 heteroatoms. The highest BCUT2D eigenvalue weighted by molar-refractivity contribution is 7.52. The van der Waals surface area contributed by atoms with E-state index < -0.39 is 19.7 Å². The lowest BCUT2D eigenvalue weighted by atomic mass is 10.2. The van der Waals surface area contributed by atoms with Gasteiger partial charge in [-0.25, -0.2) is 29.9 Å². The third kappa shape index (κ3) is 6.81. The van der Waals surface area contributed by atoms with E-state index in [0.717, 1.165) is 0 Å². The Bertz CT molecular complexity index is 1310. The minimum Gasteiger partial charge on any atom is -0.396 e. The summed E-state index contributed by atoms with van der Waals surface area (Å²) in [5, 5.41) is 37.9. The van der Waals surface area contributed by atoms with Crippen molar-refractivity contribution >= 4 is 29.9 Å². The van der Waals surface area contributed by atoms with Crippen LogP contribution in [0.15, 0.2) is 25.3 Å². The second-order valence-corrected chi connectivity index (χ2v) is 11.0. The molecular formula is C23H33N8O7P. The minimum absolute atomic E-state index is 0.0461. The summed E-state index contributed by atoms with van der Waals surface area (Å²) in [6.07, 6.45) is 7.10. The Morgan fingerprint density at radius 3 is 1.54 bits per heavy atom. The Balaban J connectivity index is 1.46. The number of imidazole rings is 2. The van der Waals surface area contributed by atoms with Gasteiger partial charge in [-0.15, -0.1) is 0 Å².